The van der Waals surface area contributed by atoms with Crippen molar-refractivity contribution >= 4 is 11.5 Å². The molecule has 0 aromatic carbocycles. The fraction of sp³-hybridized carbons (Fsp3) is 0.611. The summed E-state index contributed by atoms with van der Waals surface area (Å²) < 4.78 is 1.95. The highest BCUT2D eigenvalue weighted by atomic mass is 15.3. The molecule has 0 fully saturated rings. The van der Waals surface area contributed by atoms with Gasteiger partial charge in [0.05, 0.1) is 5.56 Å². The van der Waals surface area contributed by atoms with Crippen LogP contribution in [0.1, 0.15) is 50.8 Å². The Kier molecular flexibility index (Phi) is 4.72. The number of anilines is 1. The standard InChI is InChI=1S/C18H26N6/c1-12(2)5-7-20-17-15(9-19)14-6-8-23(13(3)4)10-16(14)18-22-21-11-24(17)18/h11-13,20H,5-8,10H2,1-4H3. The fourth-order valence-electron chi connectivity index (χ4n) is 3.35. The maximum Gasteiger partial charge on any atom is 0.167 e. The van der Waals surface area contributed by atoms with Crippen molar-refractivity contribution in [3.8, 4) is 6.07 Å². The predicted molar refractivity (Wildman–Crippen MR) is 94.9 cm³/mol. The lowest BCUT2D eigenvalue weighted by Gasteiger charge is -2.33. The summed E-state index contributed by atoms with van der Waals surface area (Å²) in [4.78, 5) is 2.42. The molecule has 0 radical (unpaired) electrons. The maximum atomic E-state index is 9.80. The third kappa shape index (κ3) is 2.96. The highest BCUT2D eigenvalue weighted by molar-refractivity contribution is 5.68. The molecule has 2 aromatic rings. The van der Waals surface area contributed by atoms with Gasteiger partial charge in [0.2, 0.25) is 0 Å². The molecule has 128 valence electrons. The van der Waals surface area contributed by atoms with Crippen molar-refractivity contribution in [1.82, 2.24) is 19.5 Å². The summed E-state index contributed by atoms with van der Waals surface area (Å²) in [7, 11) is 0. The van der Waals surface area contributed by atoms with E-state index in [2.05, 4.69) is 54.2 Å². The van der Waals surface area contributed by atoms with Crippen molar-refractivity contribution < 1.29 is 0 Å². The van der Waals surface area contributed by atoms with Crippen LogP contribution in [0.25, 0.3) is 5.65 Å². The first-order valence-electron chi connectivity index (χ1n) is 8.78. The third-order valence-corrected chi connectivity index (χ3v) is 4.83. The molecule has 1 aliphatic heterocycles. The number of hydrogen-bond acceptors (Lipinski definition) is 5. The van der Waals surface area contributed by atoms with Gasteiger partial charge in [-0.1, -0.05) is 13.8 Å². The molecule has 0 spiro atoms. The zero-order chi connectivity index (χ0) is 17.3. The molecule has 3 heterocycles. The number of nitrogens with zero attached hydrogens (tertiary/aromatic N) is 5. The van der Waals surface area contributed by atoms with Crippen LogP contribution in [0.3, 0.4) is 0 Å². The Hall–Kier alpha value is -2.13. The molecule has 0 atom stereocenters. The molecule has 0 amide bonds. The van der Waals surface area contributed by atoms with E-state index < -0.39 is 0 Å². The van der Waals surface area contributed by atoms with Gasteiger partial charge in [0.15, 0.2) is 5.65 Å². The second-order valence-electron chi connectivity index (χ2n) is 7.24. The van der Waals surface area contributed by atoms with Gasteiger partial charge in [0.1, 0.15) is 18.2 Å². The summed E-state index contributed by atoms with van der Waals surface area (Å²) in [6.07, 6.45) is 3.66. The molecule has 1 aliphatic rings. The summed E-state index contributed by atoms with van der Waals surface area (Å²) in [6, 6.07) is 2.91. The number of aromatic nitrogens is 3. The van der Waals surface area contributed by atoms with E-state index in [4.69, 9.17) is 0 Å². The first-order valence-corrected chi connectivity index (χ1v) is 8.78. The monoisotopic (exact) mass is 326 g/mol. The van der Waals surface area contributed by atoms with Crippen molar-refractivity contribution in [1.29, 1.82) is 5.26 Å². The largest absolute Gasteiger partial charge is 0.370 e. The first kappa shape index (κ1) is 16.7. The molecule has 6 nitrogen and oxygen atoms in total. The van der Waals surface area contributed by atoms with Crippen LogP contribution in [0.5, 0.6) is 0 Å². The van der Waals surface area contributed by atoms with Crippen LogP contribution in [-0.2, 0) is 13.0 Å². The van der Waals surface area contributed by atoms with Crippen molar-refractivity contribution in [2.75, 3.05) is 18.4 Å². The maximum absolute atomic E-state index is 9.80. The van der Waals surface area contributed by atoms with E-state index >= 15 is 0 Å². The summed E-state index contributed by atoms with van der Waals surface area (Å²) in [5.41, 5.74) is 3.92. The second kappa shape index (κ2) is 6.78. The van der Waals surface area contributed by atoms with Gasteiger partial charge < -0.3 is 5.32 Å². The number of fused-ring (bicyclic) bond motifs is 3. The Morgan fingerprint density at radius 1 is 1.29 bits per heavy atom. The summed E-state index contributed by atoms with van der Waals surface area (Å²) in [5, 5.41) is 21.7. The molecule has 0 aliphatic carbocycles. The Morgan fingerprint density at radius 2 is 2.08 bits per heavy atom. The fourth-order valence-corrected chi connectivity index (χ4v) is 3.35. The minimum absolute atomic E-state index is 0.482. The molecule has 0 bridgehead atoms. The molecular weight excluding hydrogens is 300 g/mol. The number of nitriles is 1. The third-order valence-electron chi connectivity index (χ3n) is 4.83. The minimum atomic E-state index is 0.482. The Labute approximate surface area is 143 Å². The SMILES string of the molecule is CC(C)CCNc1c(C#N)c2c(c3nncn13)CN(C(C)C)CC2. The van der Waals surface area contributed by atoms with Gasteiger partial charge in [0, 0.05) is 31.2 Å². The van der Waals surface area contributed by atoms with Crippen LogP contribution in [0.2, 0.25) is 0 Å². The summed E-state index contributed by atoms with van der Waals surface area (Å²) in [5.74, 6) is 1.46. The number of rotatable bonds is 5. The van der Waals surface area contributed by atoms with E-state index in [1.54, 1.807) is 6.33 Å². The van der Waals surface area contributed by atoms with Gasteiger partial charge in [-0.15, -0.1) is 10.2 Å². The Balaban J connectivity index is 2.06. The van der Waals surface area contributed by atoms with Crippen LogP contribution in [0, 0.1) is 17.2 Å². The van der Waals surface area contributed by atoms with Crippen molar-refractivity contribution in [3.05, 3.63) is 23.0 Å². The zero-order valence-corrected chi connectivity index (χ0v) is 15.0. The number of pyridine rings is 1. The first-order chi connectivity index (χ1) is 11.5. The van der Waals surface area contributed by atoms with Gasteiger partial charge in [0.25, 0.3) is 0 Å². The molecule has 0 saturated heterocycles. The van der Waals surface area contributed by atoms with E-state index in [1.165, 1.54) is 0 Å². The lowest BCUT2D eigenvalue weighted by molar-refractivity contribution is 0.204. The lowest BCUT2D eigenvalue weighted by atomic mass is 9.95. The Morgan fingerprint density at radius 3 is 2.75 bits per heavy atom. The average molecular weight is 326 g/mol. The van der Waals surface area contributed by atoms with E-state index in [1.807, 2.05) is 4.40 Å². The van der Waals surface area contributed by atoms with Gasteiger partial charge in [-0.25, -0.2) is 0 Å². The normalized spacial score (nSPS) is 15.0. The number of hydrogen-bond donors (Lipinski definition) is 1. The highest BCUT2D eigenvalue weighted by Crippen LogP contribution is 2.31. The van der Waals surface area contributed by atoms with Crippen molar-refractivity contribution in [3.63, 3.8) is 0 Å². The van der Waals surface area contributed by atoms with Crippen LogP contribution in [0.15, 0.2) is 6.33 Å². The van der Waals surface area contributed by atoms with Gasteiger partial charge in [-0.05, 0) is 38.2 Å². The van der Waals surface area contributed by atoms with Crippen molar-refractivity contribution in [2.45, 2.75) is 53.1 Å². The van der Waals surface area contributed by atoms with Gasteiger partial charge in [-0.3, -0.25) is 9.30 Å². The van der Waals surface area contributed by atoms with Crippen molar-refractivity contribution in [2.24, 2.45) is 5.92 Å². The molecule has 2 aromatic heterocycles. The summed E-state index contributed by atoms with van der Waals surface area (Å²) >= 11 is 0. The molecule has 0 saturated carbocycles. The highest BCUT2D eigenvalue weighted by Gasteiger charge is 2.27. The molecule has 0 unspecified atom stereocenters. The molecular formula is C18H26N6. The lowest BCUT2D eigenvalue weighted by Crippen LogP contribution is -2.36. The van der Waals surface area contributed by atoms with Gasteiger partial charge in [-0.2, -0.15) is 5.26 Å². The zero-order valence-electron chi connectivity index (χ0n) is 15.0. The summed E-state index contributed by atoms with van der Waals surface area (Å²) in [6.45, 7) is 11.5. The topological polar surface area (TPSA) is 69.2 Å². The van der Waals surface area contributed by atoms with E-state index in [0.29, 0.717) is 12.0 Å². The molecule has 6 heteroatoms. The minimum Gasteiger partial charge on any atom is -0.370 e. The quantitative estimate of drug-likeness (QED) is 0.915. The van der Waals surface area contributed by atoms with Crippen LogP contribution >= 0.6 is 0 Å². The molecule has 24 heavy (non-hydrogen) atoms. The molecule has 1 N–H and O–H groups in total. The average Bonchev–Trinajstić information content (AvgIpc) is 3.03. The number of nitrogens with one attached hydrogen (secondary N) is 1. The molecule has 3 rings (SSSR count). The van der Waals surface area contributed by atoms with Gasteiger partial charge >= 0.3 is 0 Å². The van der Waals surface area contributed by atoms with E-state index in [0.717, 1.165) is 60.6 Å². The van der Waals surface area contributed by atoms with E-state index in [-0.39, 0.29) is 0 Å². The second-order valence-corrected chi connectivity index (χ2v) is 7.24. The van der Waals surface area contributed by atoms with Crippen LogP contribution < -0.4 is 5.32 Å². The van der Waals surface area contributed by atoms with E-state index in [9.17, 15) is 5.26 Å². The van der Waals surface area contributed by atoms with Crippen LogP contribution in [0.4, 0.5) is 5.82 Å². The van der Waals surface area contributed by atoms with Crippen LogP contribution in [-0.4, -0.2) is 38.6 Å². The Bertz CT molecular complexity index is 768. The predicted octanol–water partition coefficient (Wildman–Crippen LogP) is 2.83. The smallest absolute Gasteiger partial charge is 0.167 e.